The Bertz CT molecular complexity index is 660. The van der Waals surface area contributed by atoms with Crippen molar-refractivity contribution < 1.29 is 14.4 Å². The quantitative estimate of drug-likeness (QED) is 0.480. The van der Waals surface area contributed by atoms with Crippen molar-refractivity contribution in [3.8, 4) is 11.9 Å². The maximum absolute atomic E-state index is 10.7. The lowest BCUT2D eigenvalue weighted by Crippen LogP contribution is -2.34. The molecule has 0 bridgehead atoms. The fourth-order valence-corrected chi connectivity index (χ4v) is 2.18. The molecule has 0 spiro atoms. The maximum Gasteiger partial charge on any atom is 0.414 e. The van der Waals surface area contributed by atoms with Crippen molar-refractivity contribution in [1.29, 1.82) is 0 Å². The third-order valence-corrected chi connectivity index (χ3v) is 3.13. The topological polar surface area (TPSA) is 92.3 Å². The van der Waals surface area contributed by atoms with E-state index in [2.05, 4.69) is 25.9 Å². The van der Waals surface area contributed by atoms with E-state index in [1.807, 2.05) is 6.07 Å². The summed E-state index contributed by atoms with van der Waals surface area (Å²) in [7, 11) is 0. The van der Waals surface area contributed by atoms with Gasteiger partial charge in [-0.2, -0.15) is 0 Å². The van der Waals surface area contributed by atoms with Gasteiger partial charge in [0.2, 0.25) is 5.88 Å². The van der Waals surface area contributed by atoms with Crippen molar-refractivity contribution in [1.82, 2.24) is 14.5 Å². The van der Waals surface area contributed by atoms with Gasteiger partial charge in [-0.15, -0.1) is 0 Å². The van der Waals surface area contributed by atoms with E-state index < -0.39 is 4.92 Å². The zero-order valence-electron chi connectivity index (χ0n) is 10.1. The molecule has 0 radical (unpaired) electrons. The molecular formula is C11H9BrN4O4. The second-order valence-electron chi connectivity index (χ2n) is 4.14. The highest BCUT2D eigenvalue weighted by atomic mass is 79.9. The van der Waals surface area contributed by atoms with Gasteiger partial charge in [0.15, 0.2) is 6.10 Å². The van der Waals surface area contributed by atoms with Crippen molar-refractivity contribution in [2.75, 3.05) is 6.61 Å². The number of hydrogen-bond acceptors (Lipinski definition) is 6. The summed E-state index contributed by atoms with van der Waals surface area (Å²) in [5, 5.41) is 10.7. The number of halogens is 1. The van der Waals surface area contributed by atoms with Crippen LogP contribution in [0, 0.1) is 10.1 Å². The summed E-state index contributed by atoms with van der Waals surface area (Å²) in [6, 6.07) is 5.57. The number of aromatic nitrogens is 3. The molecule has 2 aromatic heterocycles. The van der Waals surface area contributed by atoms with Crippen molar-refractivity contribution in [3.63, 3.8) is 0 Å². The molecule has 104 valence electrons. The Hall–Kier alpha value is -2.16. The van der Waals surface area contributed by atoms with Gasteiger partial charge in [0.1, 0.15) is 17.4 Å². The average Bonchev–Trinajstić information content (AvgIpc) is 2.82. The van der Waals surface area contributed by atoms with Gasteiger partial charge >= 0.3 is 11.8 Å². The minimum absolute atomic E-state index is 0.235. The van der Waals surface area contributed by atoms with Crippen LogP contribution in [-0.2, 0) is 6.54 Å². The smallest absolute Gasteiger partial charge is 0.414 e. The summed E-state index contributed by atoms with van der Waals surface area (Å²) < 4.78 is 13.3. The lowest BCUT2D eigenvalue weighted by molar-refractivity contribution is -0.389. The Morgan fingerprint density at radius 1 is 1.50 bits per heavy atom. The monoisotopic (exact) mass is 340 g/mol. The second kappa shape index (κ2) is 5.08. The van der Waals surface area contributed by atoms with Crippen LogP contribution in [0.3, 0.4) is 0 Å². The Morgan fingerprint density at radius 3 is 3.10 bits per heavy atom. The SMILES string of the molecule is O=[N+]([O-])c1cn2c(n1)OC[C@@H](Oc1cccc(Br)n1)C2. The molecule has 3 rings (SSSR count). The number of fused-ring (bicyclic) bond motifs is 1. The van der Waals surface area contributed by atoms with Crippen LogP contribution >= 0.6 is 15.9 Å². The van der Waals surface area contributed by atoms with Gasteiger partial charge in [-0.25, -0.2) is 4.98 Å². The van der Waals surface area contributed by atoms with Gasteiger partial charge < -0.3 is 19.6 Å². The van der Waals surface area contributed by atoms with Crippen molar-refractivity contribution in [2.24, 2.45) is 0 Å². The van der Waals surface area contributed by atoms with Gasteiger partial charge in [0.25, 0.3) is 0 Å². The minimum atomic E-state index is -0.555. The lowest BCUT2D eigenvalue weighted by Gasteiger charge is -2.22. The van der Waals surface area contributed by atoms with Crippen LogP contribution in [0.1, 0.15) is 0 Å². The summed E-state index contributed by atoms with van der Waals surface area (Å²) in [5.41, 5.74) is 0. The molecule has 0 N–H and O–H groups in total. The zero-order valence-corrected chi connectivity index (χ0v) is 11.7. The first kappa shape index (κ1) is 12.9. The lowest BCUT2D eigenvalue weighted by atomic mass is 10.3. The van der Waals surface area contributed by atoms with Crippen LogP contribution in [0.5, 0.6) is 11.9 Å². The highest BCUT2D eigenvalue weighted by Gasteiger charge is 2.28. The molecule has 9 heteroatoms. The van der Waals surface area contributed by atoms with E-state index in [1.54, 1.807) is 16.7 Å². The summed E-state index contributed by atoms with van der Waals surface area (Å²) in [5.74, 6) is 0.229. The van der Waals surface area contributed by atoms with Crippen molar-refractivity contribution in [2.45, 2.75) is 12.6 Å². The predicted octanol–water partition coefficient (Wildman–Crippen LogP) is 1.79. The molecule has 0 unspecified atom stereocenters. The van der Waals surface area contributed by atoms with E-state index in [9.17, 15) is 10.1 Å². The van der Waals surface area contributed by atoms with Crippen LogP contribution in [0.2, 0.25) is 0 Å². The molecule has 1 aliphatic rings. The standard InChI is InChI=1S/C11H9BrN4O4/c12-8-2-1-3-10(13-8)20-7-4-15-5-9(16(17)18)14-11(15)19-6-7/h1-3,5,7H,4,6H2/t7-/m0/s1. The number of ether oxygens (including phenoxy) is 2. The molecule has 20 heavy (non-hydrogen) atoms. The van der Waals surface area contributed by atoms with Crippen LogP contribution in [0.4, 0.5) is 5.82 Å². The maximum atomic E-state index is 10.7. The molecule has 1 aliphatic heterocycles. The number of hydrogen-bond donors (Lipinski definition) is 0. The highest BCUT2D eigenvalue weighted by molar-refractivity contribution is 9.10. The van der Waals surface area contributed by atoms with E-state index in [0.717, 1.165) is 0 Å². The fourth-order valence-electron chi connectivity index (χ4n) is 1.86. The summed E-state index contributed by atoms with van der Waals surface area (Å²) >= 11 is 3.26. The molecule has 0 amide bonds. The van der Waals surface area contributed by atoms with Gasteiger partial charge in [-0.05, 0) is 26.9 Å². The van der Waals surface area contributed by atoms with Crippen molar-refractivity contribution in [3.05, 3.63) is 39.1 Å². The first-order chi connectivity index (χ1) is 9.61. The molecule has 1 atom stereocenters. The fraction of sp³-hybridized carbons (Fsp3) is 0.273. The van der Waals surface area contributed by atoms with Gasteiger partial charge in [-0.3, -0.25) is 4.57 Å². The molecule has 8 nitrogen and oxygen atoms in total. The predicted molar refractivity (Wildman–Crippen MR) is 70.7 cm³/mol. The van der Waals surface area contributed by atoms with Crippen LogP contribution in [-0.4, -0.2) is 32.2 Å². The van der Waals surface area contributed by atoms with E-state index in [0.29, 0.717) is 17.0 Å². The van der Waals surface area contributed by atoms with Gasteiger partial charge in [0, 0.05) is 11.1 Å². The second-order valence-corrected chi connectivity index (χ2v) is 4.95. The highest BCUT2D eigenvalue weighted by Crippen LogP contribution is 2.23. The number of rotatable bonds is 3. The normalized spacial score (nSPS) is 17.1. The molecule has 0 fully saturated rings. The molecule has 0 aliphatic carbocycles. The van der Waals surface area contributed by atoms with E-state index in [1.165, 1.54) is 6.20 Å². The third-order valence-electron chi connectivity index (χ3n) is 2.69. The molecule has 0 aromatic carbocycles. The number of nitrogens with zero attached hydrogens (tertiary/aromatic N) is 4. The minimum Gasteiger partial charge on any atom is -0.469 e. The van der Waals surface area contributed by atoms with Gasteiger partial charge in [0.05, 0.1) is 6.54 Å². The number of nitro groups is 1. The van der Waals surface area contributed by atoms with Crippen LogP contribution < -0.4 is 9.47 Å². The van der Waals surface area contributed by atoms with Crippen molar-refractivity contribution >= 4 is 21.7 Å². The summed E-state index contributed by atoms with van der Waals surface area (Å²) in [6.45, 7) is 0.687. The molecular weight excluding hydrogens is 332 g/mol. The Balaban J connectivity index is 1.73. The third kappa shape index (κ3) is 2.57. The van der Waals surface area contributed by atoms with Crippen LogP contribution in [0.15, 0.2) is 29.0 Å². The van der Waals surface area contributed by atoms with E-state index in [4.69, 9.17) is 9.47 Å². The van der Waals surface area contributed by atoms with Gasteiger partial charge in [-0.1, -0.05) is 6.07 Å². The summed E-state index contributed by atoms with van der Waals surface area (Å²) in [6.07, 6.45) is 1.05. The number of imidazole rings is 1. The largest absolute Gasteiger partial charge is 0.469 e. The molecule has 0 saturated carbocycles. The number of pyridine rings is 1. The van der Waals surface area contributed by atoms with Crippen LogP contribution in [0.25, 0.3) is 0 Å². The van der Waals surface area contributed by atoms with E-state index >= 15 is 0 Å². The first-order valence-electron chi connectivity index (χ1n) is 5.75. The van der Waals surface area contributed by atoms with E-state index in [-0.39, 0.29) is 24.5 Å². The summed E-state index contributed by atoms with van der Waals surface area (Å²) in [4.78, 5) is 18.0. The molecule has 0 saturated heterocycles. The average molecular weight is 341 g/mol. The Morgan fingerprint density at radius 2 is 2.35 bits per heavy atom. The molecule has 2 aromatic rings. The first-order valence-corrected chi connectivity index (χ1v) is 6.55. The Kier molecular flexibility index (Phi) is 3.26. The zero-order chi connectivity index (χ0) is 14.1. The molecule has 3 heterocycles. The Labute approximate surface area is 121 Å².